The molecule has 0 radical (unpaired) electrons. The molecule has 0 aliphatic carbocycles. The van der Waals surface area contributed by atoms with E-state index in [1.54, 1.807) is 13.8 Å². The van der Waals surface area contributed by atoms with Crippen molar-refractivity contribution in [3.8, 4) is 0 Å². The summed E-state index contributed by atoms with van der Waals surface area (Å²) in [7, 11) is 1.05. The molecular formula is C10H13ClF2N2O3S. The number of amides is 1. The molecule has 5 nitrogen and oxygen atoms in total. The number of carbonyl (C=O) groups excluding carboxylic acids is 1. The topological polar surface area (TPSA) is 68.2 Å². The van der Waals surface area contributed by atoms with Crippen LogP contribution < -0.4 is 5.32 Å². The predicted molar refractivity (Wildman–Crippen MR) is 66.1 cm³/mol. The largest absolute Gasteiger partial charge is 0.349 e. The van der Waals surface area contributed by atoms with Crippen molar-refractivity contribution < 1.29 is 22.0 Å². The molecule has 108 valence electrons. The van der Waals surface area contributed by atoms with Gasteiger partial charge in [0.2, 0.25) is 0 Å². The maximum absolute atomic E-state index is 12.4. The van der Waals surface area contributed by atoms with Crippen LogP contribution in [0.3, 0.4) is 0 Å². The Morgan fingerprint density at radius 2 is 2.05 bits per heavy atom. The lowest BCUT2D eigenvalue weighted by Crippen LogP contribution is -2.32. The Morgan fingerprint density at radius 1 is 1.47 bits per heavy atom. The number of halogens is 3. The molecule has 1 heterocycles. The maximum atomic E-state index is 12.4. The molecule has 0 saturated heterocycles. The summed E-state index contributed by atoms with van der Waals surface area (Å²) in [5, 5.41) is 2.49. The fraction of sp³-hybridized carbons (Fsp3) is 0.500. The first-order valence-corrected chi connectivity index (χ1v) is 7.66. The molecule has 1 aromatic rings. The first-order chi connectivity index (χ1) is 8.61. The SMILES string of the molecule is CC(C)NC(=O)c1cc(S(=O)(=O)Cl)cn1CC(F)F. The second-order valence-electron chi connectivity index (χ2n) is 4.17. The summed E-state index contributed by atoms with van der Waals surface area (Å²) in [6.07, 6.45) is -1.80. The van der Waals surface area contributed by atoms with Gasteiger partial charge in [0.05, 0.1) is 6.54 Å². The van der Waals surface area contributed by atoms with Gasteiger partial charge in [0.1, 0.15) is 10.6 Å². The van der Waals surface area contributed by atoms with E-state index in [9.17, 15) is 22.0 Å². The van der Waals surface area contributed by atoms with Crippen molar-refractivity contribution in [1.82, 2.24) is 9.88 Å². The Morgan fingerprint density at radius 3 is 2.47 bits per heavy atom. The lowest BCUT2D eigenvalue weighted by Gasteiger charge is -2.11. The maximum Gasteiger partial charge on any atom is 0.268 e. The van der Waals surface area contributed by atoms with Crippen LogP contribution in [0.5, 0.6) is 0 Å². The average Bonchev–Trinajstić information content (AvgIpc) is 2.58. The van der Waals surface area contributed by atoms with Gasteiger partial charge in [0, 0.05) is 22.9 Å². The quantitative estimate of drug-likeness (QED) is 0.843. The predicted octanol–water partition coefficient (Wildman–Crippen LogP) is 1.82. The molecule has 0 aromatic carbocycles. The highest BCUT2D eigenvalue weighted by Gasteiger charge is 2.21. The first kappa shape index (κ1) is 15.9. The Balaban J connectivity index is 3.20. The van der Waals surface area contributed by atoms with Crippen molar-refractivity contribution in [3.63, 3.8) is 0 Å². The zero-order chi connectivity index (χ0) is 14.8. The summed E-state index contributed by atoms with van der Waals surface area (Å²) in [4.78, 5) is 11.4. The normalized spacial score (nSPS) is 12.2. The van der Waals surface area contributed by atoms with Gasteiger partial charge in [-0.1, -0.05) is 0 Å². The first-order valence-electron chi connectivity index (χ1n) is 5.35. The van der Waals surface area contributed by atoms with E-state index in [0.29, 0.717) is 0 Å². The van der Waals surface area contributed by atoms with E-state index >= 15 is 0 Å². The lowest BCUT2D eigenvalue weighted by molar-refractivity contribution is 0.0920. The van der Waals surface area contributed by atoms with Crippen LogP contribution in [0.25, 0.3) is 0 Å². The molecule has 0 saturated carbocycles. The van der Waals surface area contributed by atoms with Crippen LogP contribution in [0.2, 0.25) is 0 Å². The number of aromatic nitrogens is 1. The molecule has 1 rings (SSSR count). The molecule has 0 unspecified atom stereocenters. The highest BCUT2D eigenvalue weighted by atomic mass is 35.7. The summed E-state index contributed by atoms with van der Waals surface area (Å²) in [6, 6.07) is 0.765. The molecule has 19 heavy (non-hydrogen) atoms. The summed E-state index contributed by atoms with van der Waals surface area (Å²) in [5.41, 5.74) is -0.173. The smallest absolute Gasteiger partial charge is 0.268 e. The van der Waals surface area contributed by atoms with Crippen molar-refractivity contribution in [3.05, 3.63) is 18.0 Å². The average molecular weight is 315 g/mol. The van der Waals surface area contributed by atoms with Gasteiger partial charge in [-0.2, -0.15) is 0 Å². The summed E-state index contributed by atoms with van der Waals surface area (Å²) >= 11 is 0. The molecule has 0 aliphatic rings. The summed E-state index contributed by atoms with van der Waals surface area (Å²) < 4.78 is 48.0. The molecule has 0 atom stereocenters. The minimum absolute atomic E-state index is 0.173. The molecule has 0 bridgehead atoms. The van der Waals surface area contributed by atoms with Gasteiger partial charge in [-0.3, -0.25) is 4.79 Å². The molecular weight excluding hydrogens is 302 g/mol. The fourth-order valence-electron chi connectivity index (χ4n) is 1.44. The lowest BCUT2D eigenvalue weighted by atomic mass is 10.3. The van der Waals surface area contributed by atoms with Crippen LogP contribution in [0, 0.1) is 0 Å². The highest BCUT2D eigenvalue weighted by molar-refractivity contribution is 8.13. The van der Waals surface area contributed by atoms with Crippen molar-refractivity contribution in [1.29, 1.82) is 0 Å². The number of nitrogens with one attached hydrogen (secondary N) is 1. The van der Waals surface area contributed by atoms with E-state index < -0.39 is 27.9 Å². The van der Waals surface area contributed by atoms with E-state index in [2.05, 4.69) is 5.32 Å². The van der Waals surface area contributed by atoms with Gasteiger partial charge in [-0.25, -0.2) is 17.2 Å². The standard InChI is InChI=1S/C10H13ClF2N2O3S/c1-6(2)14-10(16)8-3-7(19(11,17)18)4-15(8)5-9(12)13/h3-4,6,9H,5H2,1-2H3,(H,14,16). The van der Waals surface area contributed by atoms with E-state index in [-0.39, 0.29) is 16.6 Å². The third-order valence-corrected chi connectivity index (χ3v) is 3.46. The van der Waals surface area contributed by atoms with Crippen LogP contribution in [0.4, 0.5) is 8.78 Å². The molecule has 1 amide bonds. The Labute approximate surface area is 114 Å². The molecule has 0 aliphatic heterocycles. The number of rotatable bonds is 5. The molecule has 1 aromatic heterocycles. The van der Waals surface area contributed by atoms with E-state index in [1.807, 2.05) is 0 Å². The fourth-order valence-corrected chi connectivity index (χ4v) is 2.20. The summed E-state index contributed by atoms with van der Waals surface area (Å²) in [5.74, 6) is -0.637. The van der Waals surface area contributed by atoms with Crippen LogP contribution in [0.1, 0.15) is 24.3 Å². The number of alkyl halides is 2. The van der Waals surface area contributed by atoms with Crippen LogP contribution in [-0.4, -0.2) is 31.4 Å². The zero-order valence-electron chi connectivity index (χ0n) is 10.2. The molecule has 9 heteroatoms. The summed E-state index contributed by atoms with van der Waals surface area (Å²) in [6.45, 7) is 2.60. The third kappa shape index (κ3) is 4.46. The highest BCUT2D eigenvalue weighted by Crippen LogP contribution is 2.19. The van der Waals surface area contributed by atoms with E-state index in [1.165, 1.54) is 0 Å². The van der Waals surface area contributed by atoms with Crippen LogP contribution in [0.15, 0.2) is 17.2 Å². The Bertz CT molecular complexity index is 569. The Hall–Kier alpha value is -1.15. The van der Waals surface area contributed by atoms with E-state index in [0.717, 1.165) is 16.8 Å². The molecule has 0 fully saturated rings. The van der Waals surface area contributed by atoms with Gasteiger partial charge in [-0.15, -0.1) is 0 Å². The van der Waals surface area contributed by atoms with E-state index in [4.69, 9.17) is 10.7 Å². The molecule has 1 N–H and O–H groups in total. The van der Waals surface area contributed by atoms with Gasteiger partial charge in [-0.05, 0) is 19.9 Å². The minimum Gasteiger partial charge on any atom is -0.349 e. The van der Waals surface area contributed by atoms with Crippen molar-refractivity contribution in [2.75, 3.05) is 0 Å². The van der Waals surface area contributed by atoms with Gasteiger partial charge >= 0.3 is 0 Å². The van der Waals surface area contributed by atoms with Gasteiger partial charge in [0.25, 0.3) is 21.4 Å². The van der Waals surface area contributed by atoms with Crippen LogP contribution in [-0.2, 0) is 15.6 Å². The number of hydrogen-bond acceptors (Lipinski definition) is 3. The second-order valence-corrected chi connectivity index (χ2v) is 6.74. The van der Waals surface area contributed by atoms with Crippen molar-refractivity contribution in [2.45, 2.75) is 37.8 Å². The monoisotopic (exact) mass is 314 g/mol. The minimum atomic E-state index is -4.08. The zero-order valence-corrected chi connectivity index (χ0v) is 11.8. The number of carbonyl (C=O) groups is 1. The van der Waals surface area contributed by atoms with Gasteiger partial charge < -0.3 is 9.88 Å². The Kier molecular flexibility index (Phi) is 4.92. The third-order valence-electron chi connectivity index (χ3n) is 2.14. The molecule has 0 spiro atoms. The number of nitrogens with zero attached hydrogens (tertiary/aromatic N) is 1. The van der Waals surface area contributed by atoms with Crippen LogP contribution >= 0.6 is 10.7 Å². The second kappa shape index (κ2) is 5.87. The number of hydrogen-bond donors (Lipinski definition) is 1. The van der Waals surface area contributed by atoms with Crippen molar-refractivity contribution in [2.24, 2.45) is 0 Å². The van der Waals surface area contributed by atoms with Crippen molar-refractivity contribution >= 4 is 25.6 Å². The van der Waals surface area contributed by atoms with Gasteiger partial charge in [0.15, 0.2) is 0 Å².